The van der Waals surface area contributed by atoms with Crippen LogP contribution < -0.4 is 10.2 Å². The van der Waals surface area contributed by atoms with Crippen molar-refractivity contribution in [2.24, 2.45) is 0 Å². The van der Waals surface area contributed by atoms with Crippen molar-refractivity contribution in [2.45, 2.75) is 52.6 Å². The average molecular weight is 273 g/mol. The maximum absolute atomic E-state index is 9.40. The molecule has 0 aliphatic carbocycles. The van der Waals surface area contributed by atoms with Gasteiger partial charge in [0.1, 0.15) is 5.54 Å². The van der Waals surface area contributed by atoms with Crippen LogP contribution in [0.15, 0.2) is 24.3 Å². The van der Waals surface area contributed by atoms with Gasteiger partial charge in [-0.15, -0.1) is 0 Å². The van der Waals surface area contributed by atoms with E-state index < -0.39 is 5.54 Å². The van der Waals surface area contributed by atoms with Crippen LogP contribution in [0.5, 0.6) is 0 Å². The van der Waals surface area contributed by atoms with E-state index in [9.17, 15) is 5.26 Å². The van der Waals surface area contributed by atoms with Crippen molar-refractivity contribution in [1.82, 2.24) is 5.32 Å². The molecule has 0 heterocycles. The molecule has 0 aliphatic heterocycles. The zero-order valence-corrected chi connectivity index (χ0v) is 13.4. The highest BCUT2D eigenvalue weighted by atomic mass is 15.1. The summed E-state index contributed by atoms with van der Waals surface area (Å²) in [6.07, 6.45) is 0.809. The molecule has 1 rings (SSSR count). The Morgan fingerprint density at radius 2 is 2.10 bits per heavy atom. The van der Waals surface area contributed by atoms with Crippen molar-refractivity contribution in [3.63, 3.8) is 0 Å². The highest BCUT2D eigenvalue weighted by molar-refractivity contribution is 5.48. The predicted octanol–water partition coefficient (Wildman–Crippen LogP) is 3.49. The molecule has 0 amide bonds. The molecule has 0 spiro atoms. The summed E-state index contributed by atoms with van der Waals surface area (Å²) < 4.78 is 0. The van der Waals surface area contributed by atoms with Gasteiger partial charge in [-0.3, -0.25) is 5.32 Å². The summed E-state index contributed by atoms with van der Waals surface area (Å²) in [6.45, 7) is 12.2. The van der Waals surface area contributed by atoms with Gasteiger partial charge >= 0.3 is 0 Å². The standard InChI is InChI=1S/C17H27N3/c1-6-20(16-9-7-8-15(4)12-16)11-10-17(5,13-18)19-14(2)3/h7-9,12,14,19H,6,10-11H2,1-5H3. The van der Waals surface area contributed by atoms with Gasteiger partial charge in [0.25, 0.3) is 0 Å². The van der Waals surface area contributed by atoms with Crippen molar-refractivity contribution in [3.05, 3.63) is 29.8 Å². The molecule has 0 radical (unpaired) electrons. The fraction of sp³-hybridized carbons (Fsp3) is 0.588. The lowest BCUT2D eigenvalue weighted by Gasteiger charge is -2.30. The number of nitriles is 1. The number of nitrogens with zero attached hydrogens (tertiary/aromatic N) is 2. The number of nitrogens with one attached hydrogen (secondary N) is 1. The Labute approximate surface area is 123 Å². The Morgan fingerprint density at radius 3 is 2.60 bits per heavy atom. The van der Waals surface area contributed by atoms with E-state index in [1.54, 1.807) is 0 Å². The molecule has 1 unspecified atom stereocenters. The van der Waals surface area contributed by atoms with E-state index in [-0.39, 0.29) is 0 Å². The minimum Gasteiger partial charge on any atom is -0.372 e. The van der Waals surface area contributed by atoms with Crippen LogP contribution in [0.1, 0.15) is 39.7 Å². The first kappa shape index (κ1) is 16.5. The van der Waals surface area contributed by atoms with Crippen LogP contribution in [-0.4, -0.2) is 24.7 Å². The molecule has 0 fully saturated rings. The lowest BCUT2D eigenvalue weighted by molar-refractivity contribution is 0.383. The van der Waals surface area contributed by atoms with E-state index in [1.807, 2.05) is 6.92 Å². The zero-order valence-electron chi connectivity index (χ0n) is 13.4. The van der Waals surface area contributed by atoms with Crippen molar-refractivity contribution in [3.8, 4) is 6.07 Å². The van der Waals surface area contributed by atoms with E-state index >= 15 is 0 Å². The van der Waals surface area contributed by atoms with Gasteiger partial charge < -0.3 is 4.90 Å². The first-order valence-electron chi connectivity index (χ1n) is 7.41. The van der Waals surface area contributed by atoms with Crippen LogP contribution in [0.25, 0.3) is 0 Å². The van der Waals surface area contributed by atoms with Crippen LogP contribution in [0.4, 0.5) is 5.69 Å². The first-order chi connectivity index (χ1) is 9.40. The van der Waals surface area contributed by atoms with Gasteiger partial charge in [0, 0.05) is 24.8 Å². The molecule has 0 bridgehead atoms. The minimum absolute atomic E-state index is 0.314. The van der Waals surface area contributed by atoms with Gasteiger partial charge in [-0.2, -0.15) is 5.26 Å². The molecule has 0 saturated heterocycles. The van der Waals surface area contributed by atoms with Crippen molar-refractivity contribution < 1.29 is 0 Å². The molecule has 0 aliphatic rings. The molecule has 20 heavy (non-hydrogen) atoms. The fourth-order valence-corrected chi connectivity index (χ4v) is 2.45. The van der Waals surface area contributed by atoms with Gasteiger partial charge in [0.2, 0.25) is 0 Å². The third-order valence-corrected chi connectivity index (χ3v) is 3.48. The summed E-state index contributed by atoms with van der Waals surface area (Å²) in [5.41, 5.74) is 2.03. The van der Waals surface area contributed by atoms with Crippen molar-refractivity contribution in [1.29, 1.82) is 5.26 Å². The monoisotopic (exact) mass is 273 g/mol. The molecule has 3 heteroatoms. The maximum Gasteiger partial charge on any atom is 0.105 e. The highest BCUT2D eigenvalue weighted by Crippen LogP contribution is 2.18. The third kappa shape index (κ3) is 4.86. The Balaban J connectivity index is 2.72. The van der Waals surface area contributed by atoms with Crippen molar-refractivity contribution >= 4 is 5.69 Å². The minimum atomic E-state index is -0.467. The SMILES string of the molecule is CCN(CCC(C)(C#N)NC(C)C)c1cccc(C)c1. The molecule has 1 aromatic carbocycles. The van der Waals surface area contributed by atoms with E-state index in [2.05, 4.69) is 68.2 Å². The molecule has 1 N–H and O–H groups in total. The molecule has 1 atom stereocenters. The van der Waals surface area contributed by atoms with Gasteiger partial charge in [-0.1, -0.05) is 12.1 Å². The zero-order chi connectivity index (χ0) is 15.2. The summed E-state index contributed by atoms with van der Waals surface area (Å²) in [5, 5.41) is 12.8. The Hall–Kier alpha value is -1.53. The number of anilines is 1. The van der Waals surface area contributed by atoms with E-state index in [0.29, 0.717) is 6.04 Å². The summed E-state index contributed by atoms with van der Waals surface area (Å²) in [5.74, 6) is 0. The number of hydrogen-bond acceptors (Lipinski definition) is 3. The second-order valence-corrected chi connectivity index (χ2v) is 5.91. The molecule has 1 aromatic rings. The second kappa shape index (κ2) is 7.31. The van der Waals surface area contributed by atoms with E-state index in [0.717, 1.165) is 19.5 Å². The van der Waals surface area contributed by atoms with Crippen LogP contribution >= 0.6 is 0 Å². The average Bonchev–Trinajstić information content (AvgIpc) is 2.39. The Bertz CT molecular complexity index is 462. The number of rotatable bonds is 7. The summed E-state index contributed by atoms with van der Waals surface area (Å²) in [4.78, 5) is 2.32. The lowest BCUT2D eigenvalue weighted by Crippen LogP contribution is -2.47. The Morgan fingerprint density at radius 1 is 1.40 bits per heavy atom. The molecular formula is C17H27N3. The van der Waals surface area contributed by atoms with Gasteiger partial charge in [0.15, 0.2) is 0 Å². The van der Waals surface area contributed by atoms with Crippen LogP contribution in [-0.2, 0) is 0 Å². The van der Waals surface area contributed by atoms with Gasteiger partial charge in [-0.25, -0.2) is 0 Å². The number of hydrogen-bond donors (Lipinski definition) is 1. The quantitative estimate of drug-likeness (QED) is 0.826. The predicted molar refractivity (Wildman–Crippen MR) is 86.0 cm³/mol. The highest BCUT2D eigenvalue weighted by Gasteiger charge is 2.24. The molecule has 110 valence electrons. The van der Waals surface area contributed by atoms with E-state index in [4.69, 9.17) is 0 Å². The number of aryl methyl sites for hydroxylation is 1. The normalized spacial score (nSPS) is 13.8. The van der Waals surface area contributed by atoms with Gasteiger partial charge in [-0.05, 0) is 58.7 Å². The molecule has 0 saturated carbocycles. The lowest BCUT2D eigenvalue weighted by atomic mass is 9.98. The van der Waals surface area contributed by atoms with Gasteiger partial charge in [0.05, 0.1) is 6.07 Å². The molecule has 3 nitrogen and oxygen atoms in total. The second-order valence-electron chi connectivity index (χ2n) is 5.91. The summed E-state index contributed by atoms with van der Waals surface area (Å²) in [6, 6.07) is 11.3. The van der Waals surface area contributed by atoms with Crippen molar-refractivity contribution in [2.75, 3.05) is 18.0 Å². The van der Waals surface area contributed by atoms with Crippen LogP contribution in [0.3, 0.4) is 0 Å². The largest absolute Gasteiger partial charge is 0.372 e. The smallest absolute Gasteiger partial charge is 0.105 e. The summed E-state index contributed by atoms with van der Waals surface area (Å²) in [7, 11) is 0. The molecular weight excluding hydrogens is 246 g/mol. The fourth-order valence-electron chi connectivity index (χ4n) is 2.45. The van der Waals surface area contributed by atoms with Crippen LogP contribution in [0.2, 0.25) is 0 Å². The number of benzene rings is 1. The third-order valence-electron chi connectivity index (χ3n) is 3.48. The van der Waals surface area contributed by atoms with E-state index in [1.165, 1.54) is 11.3 Å². The first-order valence-corrected chi connectivity index (χ1v) is 7.41. The van der Waals surface area contributed by atoms with Crippen LogP contribution in [0, 0.1) is 18.3 Å². The topological polar surface area (TPSA) is 39.1 Å². The molecule has 0 aromatic heterocycles. The maximum atomic E-state index is 9.40. The summed E-state index contributed by atoms with van der Waals surface area (Å²) >= 11 is 0. The Kier molecular flexibility index (Phi) is 6.04.